The van der Waals surface area contributed by atoms with Gasteiger partial charge in [0.05, 0.1) is 21.3 Å². The molecule has 6 heteroatoms. The summed E-state index contributed by atoms with van der Waals surface area (Å²) < 4.78 is 3.04. The predicted molar refractivity (Wildman–Crippen MR) is 81.8 cm³/mol. The van der Waals surface area contributed by atoms with Crippen LogP contribution in [-0.4, -0.2) is 19.5 Å². The number of thiophene rings is 1. The van der Waals surface area contributed by atoms with Crippen LogP contribution in [0.5, 0.6) is 0 Å². The van der Waals surface area contributed by atoms with Gasteiger partial charge in [0.1, 0.15) is 5.82 Å². The summed E-state index contributed by atoms with van der Waals surface area (Å²) in [6.45, 7) is 1.97. The van der Waals surface area contributed by atoms with Crippen molar-refractivity contribution in [2.45, 2.75) is 6.92 Å². The van der Waals surface area contributed by atoms with E-state index in [1.807, 2.05) is 47.2 Å². The van der Waals surface area contributed by atoms with Gasteiger partial charge in [0.15, 0.2) is 5.82 Å². The van der Waals surface area contributed by atoms with Crippen molar-refractivity contribution in [1.29, 1.82) is 0 Å². The molecule has 0 aliphatic heterocycles. The van der Waals surface area contributed by atoms with E-state index in [0.717, 1.165) is 32.9 Å². The Bertz CT molecular complexity index is 941. The highest BCUT2D eigenvalue weighted by molar-refractivity contribution is 7.17. The normalized spacial score (nSPS) is 11.5. The second-order valence-electron chi connectivity index (χ2n) is 4.43. The lowest BCUT2D eigenvalue weighted by atomic mass is 10.3. The van der Waals surface area contributed by atoms with Crippen LogP contribution >= 0.6 is 22.9 Å². The molecule has 0 spiro atoms. The van der Waals surface area contributed by atoms with Crippen LogP contribution in [-0.2, 0) is 0 Å². The van der Waals surface area contributed by atoms with Gasteiger partial charge < -0.3 is 0 Å². The molecule has 20 heavy (non-hydrogen) atoms. The average Bonchev–Trinajstić information content (AvgIpc) is 3.00. The summed E-state index contributed by atoms with van der Waals surface area (Å²) >= 11 is 7.66. The molecule has 3 aromatic heterocycles. The molecule has 0 atom stereocenters. The molecule has 0 saturated heterocycles. The maximum atomic E-state index is 6.05. The van der Waals surface area contributed by atoms with Crippen molar-refractivity contribution in [2.24, 2.45) is 0 Å². The van der Waals surface area contributed by atoms with E-state index in [1.165, 1.54) is 0 Å². The first-order chi connectivity index (χ1) is 9.74. The summed E-state index contributed by atoms with van der Waals surface area (Å²) in [4.78, 5) is 13.2. The maximum Gasteiger partial charge on any atom is 0.224 e. The molecule has 0 radical (unpaired) electrons. The summed E-state index contributed by atoms with van der Waals surface area (Å²) in [6.07, 6.45) is 0. The van der Waals surface area contributed by atoms with E-state index in [-0.39, 0.29) is 5.28 Å². The lowest BCUT2D eigenvalue weighted by Crippen LogP contribution is -2.01. The van der Waals surface area contributed by atoms with Gasteiger partial charge in [0.25, 0.3) is 0 Å². The number of fused-ring (bicyclic) bond motifs is 2. The van der Waals surface area contributed by atoms with Crippen molar-refractivity contribution in [3.8, 4) is 5.82 Å². The van der Waals surface area contributed by atoms with Gasteiger partial charge in [-0.15, -0.1) is 11.3 Å². The molecule has 0 aliphatic carbocycles. The first kappa shape index (κ1) is 11.8. The third-order valence-electron chi connectivity index (χ3n) is 3.20. The van der Waals surface area contributed by atoms with E-state index in [9.17, 15) is 0 Å². The Morgan fingerprint density at radius 3 is 2.80 bits per heavy atom. The average molecular weight is 301 g/mol. The van der Waals surface area contributed by atoms with Gasteiger partial charge in [-0.3, -0.25) is 4.57 Å². The molecule has 0 bridgehead atoms. The minimum absolute atomic E-state index is 0.253. The molecular weight excluding hydrogens is 292 g/mol. The molecule has 4 aromatic rings. The summed E-state index contributed by atoms with van der Waals surface area (Å²) in [5.41, 5.74) is 2.83. The third-order valence-corrected chi connectivity index (χ3v) is 4.27. The minimum atomic E-state index is 0.253. The number of benzene rings is 1. The van der Waals surface area contributed by atoms with E-state index in [2.05, 4.69) is 15.0 Å². The number of hydrogen-bond donors (Lipinski definition) is 0. The molecule has 0 amide bonds. The lowest BCUT2D eigenvalue weighted by Gasteiger charge is -2.07. The first-order valence-corrected chi connectivity index (χ1v) is 7.35. The fourth-order valence-corrected chi connectivity index (χ4v) is 3.37. The number of halogens is 1. The van der Waals surface area contributed by atoms with Gasteiger partial charge in [0.2, 0.25) is 5.28 Å². The molecule has 4 rings (SSSR count). The fraction of sp³-hybridized carbons (Fsp3) is 0.0714. The van der Waals surface area contributed by atoms with E-state index < -0.39 is 0 Å². The highest BCUT2D eigenvalue weighted by Gasteiger charge is 2.15. The van der Waals surface area contributed by atoms with Crippen molar-refractivity contribution in [1.82, 2.24) is 19.5 Å². The number of aryl methyl sites for hydroxylation is 1. The second-order valence-corrected chi connectivity index (χ2v) is 5.69. The summed E-state index contributed by atoms with van der Waals surface area (Å²) in [7, 11) is 0. The van der Waals surface area contributed by atoms with Crippen LogP contribution in [0.4, 0.5) is 0 Å². The largest absolute Gasteiger partial charge is 0.279 e. The fourth-order valence-electron chi connectivity index (χ4n) is 2.39. The zero-order valence-electron chi connectivity index (χ0n) is 10.5. The molecule has 1 aromatic carbocycles. The van der Waals surface area contributed by atoms with E-state index >= 15 is 0 Å². The van der Waals surface area contributed by atoms with Gasteiger partial charge in [-0.2, -0.15) is 4.98 Å². The molecule has 0 fully saturated rings. The number of hydrogen-bond acceptors (Lipinski definition) is 4. The Labute approximate surface area is 123 Å². The molecule has 0 N–H and O–H groups in total. The summed E-state index contributed by atoms with van der Waals surface area (Å²) in [6, 6.07) is 9.95. The van der Waals surface area contributed by atoms with Crippen LogP contribution in [0.15, 0.2) is 35.7 Å². The highest BCUT2D eigenvalue weighted by atomic mass is 35.5. The van der Waals surface area contributed by atoms with Gasteiger partial charge in [-0.05, 0) is 42.1 Å². The lowest BCUT2D eigenvalue weighted by molar-refractivity contribution is 0.961. The predicted octanol–water partition coefficient (Wildman–Crippen LogP) is 3.99. The number of aromatic nitrogens is 4. The number of rotatable bonds is 1. The molecule has 0 saturated carbocycles. The second kappa shape index (κ2) is 4.26. The Hall–Kier alpha value is -1.98. The van der Waals surface area contributed by atoms with Crippen molar-refractivity contribution in [3.63, 3.8) is 0 Å². The Morgan fingerprint density at radius 1 is 1.05 bits per heavy atom. The standard InChI is InChI=1S/C14H9ClN4S/c1-8-16-9-4-2-3-5-11(9)19(8)13-12-10(6-7-20-12)17-14(15)18-13/h2-7H,1H3. The van der Waals surface area contributed by atoms with Crippen LogP contribution in [0, 0.1) is 6.92 Å². The number of para-hydroxylation sites is 2. The van der Waals surface area contributed by atoms with Gasteiger partial charge in [-0.25, -0.2) is 9.97 Å². The van der Waals surface area contributed by atoms with Crippen LogP contribution in [0.2, 0.25) is 5.28 Å². The summed E-state index contributed by atoms with van der Waals surface area (Å²) in [5.74, 6) is 1.68. The Kier molecular flexibility index (Phi) is 2.52. The molecule has 4 nitrogen and oxygen atoms in total. The monoisotopic (exact) mass is 300 g/mol. The first-order valence-electron chi connectivity index (χ1n) is 6.09. The Balaban J connectivity index is 2.16. The molecule has 98 valence electrons. The zero-order valence-corrected chi connectivity index (χ0v) is 12.1. The van der Waals surface area contributed by atoms with E-state index in [0.29, 0.717) is 0 Å². The smallest absolute Gasteiger partial charge is 0.224 e. The quantitative estimate of drug-likeness (QED) is 0.499. The molecule has 3 heterocycles. The van der Waals surface area contributed by atoms with Crippen molar-refractivity contribution in [2.75, 3.05) is 0 Å². The number of nitrogens with zero attached hydrogens (tertiary/aromatic N) is 4. The maximum absolute atomic E-state index is 6.05. The van der Waals surface area contributed by atoms with E-state index in [4.69, 9.17) is 11.6 Å². The number of imidazole rings is 1. The molecule has 0 aliphatic rings. The van der Waals surface area contributed by atoms with E-state index in [1.54, 1.807) is 11.3 Å². The van der Waals surface area contributed by atoms with Crippen LogP contribution in [0.1, 0.15) is 5.82 Å². The third kappa shape index (κ3) is 1.63. The SMILES string of the molecule is Cc1nc2ccccc2n1-c1nc(Cl)nc2ccsc12. The van der Waals surface area contributed by atoms with Gasteiger partial charge >= 0.3 is 0 Å². The Morgan fingerprint density at radius 2 is 1.90 bits per heavy atom. The summed E-state index contributed by atoms with van der Waals surface area (Å²) in [5, 5.41) is 2.25. The van der Waals surface area contributed by atoms with Crippen molar-refractivity contribution in [3.05, 3.63) is 46.8 Å². The van der Waals surface area contributed by atoms with Crippen molar-refractivity contribution >= 4 is 44.2 Å². The van der Waals surface area contributed by atoms with Crippen LogP contribution < -0.4 is 0 Å². The van der Waals surface area contributed by atoms with Crippen LogP contribution in [0.25, 0.3) is 27.1 Å². The minimum Gasteiger partial charge on any atom is -0.279 e. The molecular formula is C14H9ClN4S. The van der Waals surface area contributed by atoms with Crippen molar-refractivity contribution < 1.29 is 0 Å². The zero-order chi connectivity index (χ0) is 13.7. The van der Waals surface area contributed by atoms with Gasteiger partial charge in [0, 0.05) is 0 Å². The van der Waals surface area contributed by atoms with Gasteiger partial charge in [-0.1, -0.05) is 12.1 Å². The topological polar surface area (TPSA) is 43.6 Å². The molecule has 0 unspecified atom stereocenters. The van der Waals surface area contributed by atoms with Crippen LogP contribution in [0.3, 0.4) is 0 Å². The highest BCUT2D eigenvalue weighted by Crippen LogP contribution is 2.29.